The van der Waals surface area contributed by atoms with E-state index >= 15 is 0 Å². The van der Waals surface area contributed by atoms with Gasteiger partial charge in [0.15, 0.2) is 11.6 Å². The van der Waals surface area contributed by atoms with E-state index in [1.807, 2.05) is 13.3 Å². The highest BCUT2D eigenvalue weighted by atomic mass is 35.5. The molecular formula is C14H16ClF2N2. The van der Waals surface area contributed by atoms with Crippen molar-refractivity contribution in [2.75, 3.05) is 0 Å². The summed E-state index contributed by atoms with van der Waals surface area (Å²) in [6, 6.07) is 2.33. The number of hydrogen-bond donors (Lipinski definition) is 1. The SMILES string of the molecule is C[CH][C@H](N)c1c2n(c3cc(F)c(F)cc13)CCC2.Cl. The van der Waals surface area contributed by atoms with Crippen LogP contribution >= 0.6 is 12.4 Å². The summed E-state index contributed by atoms with van der Waals surface area (Å²) in [7, 11) is 0. The molecule has 5 heteroatoms. The van der Waals surface area contributed by atoms with Crippen molar-refractivity contribution in [1.82, 2.24) is 4.57 Å². The van der Waals surface area contributed by atoms with Crippen LogP contribution in [0, 0.1) is 18.1 Å². The van der Waals surface area contributed by atoms with Gasteiger partial charge in [0.2, 0.25) is 0 Å². The molecule has 2 nitrogen and oxygen atoms in total. The van der Waals surface area contributed by atoms with E-state index in [2.05, 4.69) is 4.57 Å². The van der Waals surface area contributed by atoms with Crippen LogP contribution in [0.1, 0.15) is 30.6 Å². The first-order valence-electron chi connectivity index (χ1n) is 6.18. The van der Waals surface area contributed by atoms with Crippen LogP contribution in [0.4, 0.5) is 8.78 Å². The topological polar surface area (TPSA) is 30.9 Å². The second-order valence-electron chi connectivity index (χ2n) is 4.76. The first-order valence-corrected chi connectivity index (χ1v) is 6.18. The van der Waals surface area contributed by atoms with E-state index in [4.69, 9.17) is 5.73 Å². The van der Waals surface area contributed by atoms with Crippen molar-refractivity contribution in [3.05, 3.63) is 41.4 Å². The van der Waals surface area contributed by atoms with Crippen LogP contribution in [0.3, 0.4) is 0 Å². The van der Waals surface area contributed by atoms with Crippen molar-refractivity contribution in [2.24, 2.45) is 5.73 Å². The Morgan fingerprint density at radius 3 is 2.68 bits per heavy atom. The zero-order valence-electron chi connectivity index (χ0n) is 10.6. The first-order chi connectivity index (χ1) is 8.63. The minimum absolute atomic E-state index is 0. The molecule has 2 heterocycles. The van der Waals surface area contributed by atoms with Gasteiger partial charge in [-0.2, -0.15) is 0 Å². The third-order valence-electron chi connectivity index (χ3n) is 3.74. The van der Waals surface area contributed by atoms with E-state index in [-0.39, 0.29) is 18.4 Å². The molecule has 0 unspecified atom stereocenters. The quantitative estimate of drug-likeness (QED) is 0.899. The fourth-order valence-corrected chi connectivity index (χ4v) is 2.89. The number of aromatic nitrogens is 1. The van der Waals surface area contributed by atoms with Crippen LogP contribution in [-0.2, 0) is 13.0 Å². The Hall–Kier alpha value is -1.13. The molecule has 2 N–H and O–H groups in total. The van der Waals surface area contributed by atoms with Crippen molar-refractivity contribution in [3.8, 4) is 0 Å². The van der Waals surface area contributed by atoms with Gasteiger partial charge in [0.1, 0.15) is 0 Å². The van der Waals surface area contributed by atoms with Crippen LogP contribution in [0.2, 0.25) is 0 Å². The van der Waals surface area contributed by atoms with Crippen molar-refractivity contribution in [3.63, 3.8) is 0 Å². The zero-order valence-corrected chi connectivity index (χ0v) is 11.4. The van der Waals surface area contributed by atoms with Gasteiger partial charge in [-0.15, -0.1) is 12.4 Å². The molecule has 19 heavy (non-hydrogen) atoms. The van der Waals surface area contributed by atoms with E-state index in [0.29, 0.717) is 0 Å². The number of halogens is 3. The minimum atomic E-state index is -0.809. The monoisotopic (exact) mass is 285 g/mol. The van der Waals surface area contributed by atoms with Crippen molar-refractivity contribution >= 4 is 23.3 Å². The van der Waals surface area contributed by atoms with E-state index in [0.717, 1.165) is 41.5 Å². The highest BCUT2D eigenvalue weighted by Gasteiger charge is 2.25. The van der Waals surface area contributed by atoms with Gasteiger partial charge in [-0.05, 0) is 30.9 Å². The van der Waals surface area contributed by atoms with Gasteiger partial charge in [0, 0.05) is 29.7 Å². The Bertz CT molecular complexity index is 622. The third kappa shape index (κ3) is 2.03. The van der Waals surface area contributed by atoms with E-state index < -0.39 is 11.6 Å². The van der Waals surface area contributed by atoms with Crippen LogP contribution in [0.15, 0.2) is 12.1 Å². The summed E-state index contributed by atoms with van der Waals surface area (Å²) in [4.78, 5) is 0. The van der Waals surface area contributed by atoms with Gasteiger partial charge < -0.3 is 10.3 Å². The van der Waals surface area contributed by atoms with Gasteiger partial charge in [0.05, 0.1) is 5.52 Å². The largest absolute Gasteiger partial charge is 0.344 e. The van der Waals surface area contributed by atoms with E-state index in [1.54, 1.807) is 0 Å². The molecule has 1 radical (unpaired) electrons. The first kappa shape index (κ1) is 14.3. The number of nitrogens with two attached hydrogens (primary N) is 1. The van der Waals surface area contributed by atoms with Crippen molar-refractivity contribution in [1.29, 1.82) is 0 Å². The highest BCUT2D eigenvalue weighted by Crippen LogP contribution is 2.36. The van der Waals surface area contributed by atoms with Crippen molar-refractivity contribution in [2.45, 2.75) is 32.4 Å². The standard InChI is InChI=1S/C14H15F2N2.ClH/c1-2-11(17)14-8-6-9(15)10(16)7-13(8)18-5-3-4-12(14)18;/h2,6-7,11H,3-5,17H2,1H3;1H/t11-;/m0./s1. The number of rotatable bonds is 2. The lowest BCUT2D eigenvalue weighted by Crippen LogP contribution is -2.11. The Kier molecular flexibility index (Phi) is 3.83. The Labute approximate surface area is 117 Å². The average Bonchev–Trinajstić information content (AvgIpc) is 2.90. The number of hydrogen-bond acceptors (Lipinski definition) is 1. The van der Waals surface area contributed by atoms with E-state index in [1.165, 1.54) is 12.1 Å². The Balaban J connectivity index is 0.00000133. The maximum Gasteiger partial charge on any atom is 0.160 e. The average molecular weight is 286 g/mol. The summed E-state index contributed by atoms with van der Waals surface area (Å²) < 4.78 is 28.9. The molecular weight excluding hydrogens is 270 g/mol. The number of fused-ring (bicyclic) bond motifs is 3. The smallest absolute Gasteiger partial charge is 0.160 e. The van der Waals surface area contributed by atoms with Gasteiger partial charge in [-0.25, -0.2) is 8.78 Å². The third-order valence-corrected chi connectivity index (χ3v) is 3.74. The maximum atomic E-state index is 13.4. The lowest BCUT2D eigenvalue weighted by molar-refractivity contribution is 0.510. The molecule has 0 fully saturated rings. The number of benzene rings is 1. The maximum absolute atomic E-state index is 13.4. The van der Waals surface area contributed by atoms with Gasteiger partial charge in [-0.1, -0.05) is 6.92 Å². The molecule has 1 aromatic carbocycles. The normalized spacial score (nSPS) is 15.4. The van der Waals surface area contributed by atoms with Crippen LogP contribution in [0.25, 0.3) is 10.9 Å². The summed E-state index contributed by atoms with van der Waals surface area (Å²) >= 11 is 0. The molecule has 1 aromatic heterocycles. The molecule has 2 aromatic rings. The highest BCUT2D eigenvalue weighted by molar-refractivity contribution is 5.87. The molecule has 0 aliphatic carbocycles. The summed E-state index contributed by atoms with van der Waals surface area (Å²) in [6.45, 7) is 2.74. The van der Waals surface area contributed by atoms with Crippen LogP contribution in [0.5, 0.6) is 0 Å². The predicted octanol–water partition coefficient (Wildman–Crippen LogP) is 3.51. The summed E-state index contributed by atoms with van der Waals surface area (Å²) in [5.41, 5.74) is 8.91. The van der Waals surface area contributed by atoms with Gasteiger partial charge in [-0.3, -0.25) is 0 Å². The molecule has 0 bridgehead atoms. The summed E-state index contributed by atoms with van der Waals surface area (Å²) in [5.74, 6) is -1.60. The van der Waals surface area contributed by atoms with E-state index in [9.17, 15) is 8.78 Å². The lowest BCUT2D eigenvalue weighted by Gasteiger charge is -2.10. The summed E-state index contributed by atoms with van der Waals surface area (Å²) in [6.07, 6.45) is 3.84. The molecule has 3 rings (SSSR count). The molecule has 0 saturated carbocycles. The molecule has 0 amide bonds. The number of nitrogens with zero attached hydrogens (tertiary/aromatic N) is 1. The van der Waals surface area contributed by atoms with Crippen LogP contribution in [-0.4, -0.2) is 4.57 Å². The lowest BCUT2D eigenvalue weighted by atomic mass is 10.00. The summed E-state index contributed by atoms with van der Waals surface area (Å²) in [5, 5.41) is 0.745. The molecule has 103 valence electrons. The molecule has 1 atom stereocenters. The fourth-order valence-electron chi connectivity index (χ4n) is 2.89. The van der Waals surface area contributed by atoms with Crippen LogP contribution < -0.4 is 5.73 Å². The number of aryl methyl sites for hydroxylation is 1. The zero-order chi connectivity index (χ0) is 12.9. The second kappa shape index (κ2) is 5.10. The van der Waals surface area contributed by atoms with Gasteiger partial charge in [0.25, 0.3) is 0 Å². The van der Waals surface area contributed by atoms with Gasteiger partial charge >= 0.3 is 0 Å². The fraction of sp³-hybridized carbons (Fsp3) is 0.357. The molecule has 1 aliphatic heterocycles. The minimum Gasteiger partial charge on any atom is -0.344 e. The predicted molar refractivity (Wildman–Crippen MR) is 74.3 cm³/mol. The van der Waals surface area contributed by atoms with Crippen molar-refractivity contribution < 1.29 is 8.78 Å². The Morgan fingerprint density at radius 2 is 2.00 bits per heavy atom. The second-order valence-corrected chi connectivity index (χ2v) is 4.76. The molecule has 0 saturated heterocycles. The Morgan fingerprint density at radius 1 is 1.32 bits per heavy atom. The molecule has 0 spiro atoms. The molecule has 1 aliphatic rings.